The third kappa shape index (κ3) is 2.85. The van der Waals surface area contributed by atoms with Crippen LogP contribution in [0.5, 0.6) is 0 Å². The molecule has 20 heavy (non-hydrogen) atoms. The molecule has 4 nitrogen and oxygen atoms in total. The lowest BCUT2D eigenvalue weighted by Crippen LogP contribution is -2.35. The van der Waals surface area contributed by atoms with Crippen molar-refractivity contribution >= 4 is 0 Å². The van der Waals surface area contributed by atoms with E-state index in [9.17, 15) is 4.79 Å². The first-order valence-corrected chi connectivity index (χ1v) is 7.26. The molecule has 0 aliphatic heterocycles. The van der Waals surface area contributed by atoms with Gasteiger partial charge in [-0.25, -0.2) is 0 Å². The zero-order chi connectivity index (χ0) is 13.9. The molecule has 0 amide bonds. The Labute approximate surface area is 118 Å². The lowest BCUT2D eigenvalue weighted by atomic mass is 9.92. The summed E-state index contributed by atoms with van der Waals surface area (Å²) in [6.07, 6.45) is 3.88. The maximum absolute atomic E-state index is 11.3. The Morgan fingerprint density at radius 3 is 2.95 bits per heavy atom. The molecule has 0 aromatic carbocycles. The number of furan rings is 1. The molecule has 106 valence electrons. The van der Waals surface area contributed by atoms with Crippen molar-refractivity contribution in [1.29, 1.82) is 0 Å². The molecule has 0 saturated carbocycles. The molecule has 0 bridgehead atoms. The Morgan fingerprint density at radius 2 is 2.15 bits per heavy atom. The van der Waals surface area contributed by atoms with Crippen LogP contribution in [0.15, 0.2) is 33.5 Å². The van der Waals surface area contributed by atoms with Gasteiger partial charge in [0.1, 0.15) is 11.5 Å². The Balaban J connectivity index is 1.60. The minimum atomic E-state index is -0.00200. The SMILES string of the molecule is CCc1ccc(CNC2CCc3[nH]c(=O)ccc3C2)o1. The fourth-order valence-electron chi connectivity index (χ4n) is 2.77. The van der Waals surface area contributed by atoms with Gasteiger partial charge >= 0.3 is 0 Å². The summed E-state index contributed by atoms with van der Waals surface area (Å²) in [6, 6.07) is 8.09. The van der Waals surface area contributed by atoms with Gasteiger partial charge in [0.15, 0.2) is 0 Å². The Kier molecular flexibility index (Phi) is 3.74. The van der Waals surface area contributed by atoms with E-state index < -0.39 is 0 Å². The summed E-state index contributed by atoms with van der Waals surface area (Å²) in [7, 11) is 0. The predicted molar refractivity (Wildman–Crippen MR) is 77.8 cm³/mol. The van der Waals surface area contributed by atoms with Crippen LogP contribution in [-0.2, 0) is 25.8 Å². The molecule has 2 heterocycles. The van der Waals surface area contributed by atoms with Crippen LogP contribution in [-0.4, -0.2) is 11.0 Å². The number of pyridine rings is 1. The van der Waals surface area contributed by atoms with Crippen molar-refractivity contribution in [2.45, 2.75) is 45.2 Å². The van der Waals surface area contributed by atoms with Crippen LogP contribution < -0.4 is 10.9 Å². The summed E-state index contributed by atoms with van der Waals surface area (Å²) in [5.41, 5.74) is 2.35. The average molecular weight is 272 g/mol. The highest BCUT2D eigenvalue weighted by atomic mass is 16.3. The Morgan fingerprint density at radius 1 is 1.30 bits per heavy atom. The second kappa shape index (κ2) is 5.67. The summed E-state index contributed by atoms with van der Waals surface area (Å²) in [5, 5.41) is 3.55. The fraction of sp³-hybridized carbons (Fsp3) is 0.438. The number of nitrogens with one attached hydrogen (secondary N) is 2. The van der Waals surface area contributed by atoms with Gasteiger partial charge in [-0.3, -0.25) is 4.79 Å². The molecule has 0 spiro atoms. The third-order valence-electron chi connectivity index (χ3n) is 3.94. The van der Waals surface area contributed by atoms with Crippen molar-refractivity contribution in [3.63, 3.8) is 0 Å². The number of hydrogen-bond acceptors (Lipinski definition) is 3. The van der Waals surface area contributed by atoms with Crippen LogP contribution in [0, 0.1) is 0 Å². The van der Waals surface area contributed by atoms with Gasteiger partial charge in [0.05, 0.1) is 6.54 Å². The Hall–Kier alpha value is -1.81. The maximum atomic E-state index is 11.3. The van der Waals surface area contributed by atoms with Crippen LogP contribution in [0.1, 0.15) is 36.1 Å². The maximum Gasteiger partial charge on any atom is 0.248 e. The van der Waals surface area contributed by atoms with Gasteiger partial charge in [0.25, 0.3) is 0 Å². The first-order chi connectivity index (χ1) is 9.74. The first-order valence-electron chi connectivity index (χ1n) is 7.26. The molecule has 1 unspecified atom stereocenters. The fourth-order valence-corrected chi connectivity index (χ4v) is 2.77. The molecule has 4 heteroatoms. The topological polar surface area (TPSA) is 58.0 Å². The van der Waals surface area contributed by atoms with Gasteiger partial charge in [-0.05, 0) is 37.0 Å². The minimum absolute atomic E-state index is 0.00200. The molecule has 1 aliphatic carbocycles. The second-order valence-electron chi connectivity index (χ2n) is 5.37. The number of H-pyrrole nitrogens is 1. The Bertz CT molecular complexity index is 642. The predicted octanol–water partition coefficient (Wildman–Crippen LogP) is 2.18. The third-order valence-corrected chi connectivity index (χ3v) is 3.94. The summed E-state index contributed by atoms with van der Waals surface area (Å²) < 4.78 is 5.70. The van der Waals surface area contributed by atoms with Crippen molar-refractivity contribution in [3.05, 3.63) is 57.4 Å². The summed E-state index contributed by atoms with van der Waals surface area (Å²) in [6.45, 7) is 2.86. The highest BCUT2D eigenvalue weighted by molar-refractivity contribution is 5.24. The first kappa shape index (κ1) is 13.2. The van der Waals surface area contributed by atoms with Crippen molar-refractivity contribution in [2.75, 3.05) is 0 Å². The summed E-state index contributed by atoms with van der Waals surface area (Å²) >= 11 is 0. The molecule has 0 fully saturated rings. The van der Waals surface area contributed by atoms with Crippen LogP contribution >= 0.6 is 0 Å². The van der Waals surface area contributed by atoms with Crippen LogP contribution in [0.2, 0.25) is 0 Å². The molecule has 0 radical (unpaired) electrons. The van der Waals surface area contributed by atoms with E-state index in [1.165, 1.54) is 5.56 Å². The van der Waals surface area contributed by atoms with Gasteiger partial charge < -0.3 is 14.7 Å². The minimum Gasteiger partial charge on any atom is -0.465 e. The van der Waals surface area contributed by atoms with E-state index in [0.29, 0.717) is 6.04 Å². The molecular weight excluding hydrogens is 252 g/mol. The van der Waals surface area contributed by atoms with Crippen molar-refractivity contribution in [1.82, 2.24) is 10.3 Å². The van der Waals surface area contributed by atoms with E-state index in [1.807, 2.05) is 18.2 Å². The lowest BCUT2D eigenvalue weighted by molar-refractivity contribution is 0.402. The number of aromatic nitrogens is 1. The monoisotopic (exact) mass is 272 g/mol. The normalized spacial score (nSPS) is 17.9. The zero-order valence-corrected chi connectivity index (χ0v) is 11.7. The van der Waals surface area contributed by atoms with Gasteiger partial charge in [-0.1, -0.05) is 13.0 Å². The molecule has 1 atom stereocenters. The largest absolute Gasteiger partial charge is 0.465 e. The average Bonchev–Trinajstić information content (AvgIpc) is 2.93. The quantitative estimate of drug-likeness (QED) is 0.897. The van der Waals surface area contributed by atoms with E-state index in [2.05, 4.69) is 17.2 Å². The van der Waals surface area contributed by atoms with Crippen molar-refractivity contribution in [2.24, 2.45) is 0 Å². The number of aryl methyl sites for hydroxylation is 2. The molecule has 0 saturated heterocycles. The van der Waals surface area contributed by atoms with Gasteiger partial charge in [0.2, 0.25) is 5.56 Å². The number of hydrogen-bond donors (Lipinski definition) is 2. The second-order valence-corrected chi connectivity index (χ2v) is 5.37. The van der Waals surface area contributed by atoms with E-state index in [4.69, 9.17) is 4.42 Å². The standard InChI is InChI=1S/C16H20N2O2/c1-2-13-5-6-14(20-13)10-17-12-4-7-15-11(9-12)3-8-16(19)18-15/h3,5-6,8,12,17H,2,4,7,9-10H2,1H3,(H,18,19). The summed E-state index contributed by atoms with van der Waals surface area (Å²) in [5.74, 6) is 2.03. The molecule has 1 aliphatic rings. The highest BCUT2D eigenvalue weighted by Gasteiger charge is 2.18. The van der Waals surface area contributed by atoms with Crippen molar-refractivity contribution < 1.29 is 4.42 Å². The van der Waals surface area contributed by atoms with Gasteiger partial charge in [0, 0.05) is 24.2 Å². The number of aromatic amines is 1. The van der Waals surface area contributed by atoms with E-state index >= 15 is 0 Å². The van der Waals surface area contributed by atoms with Gasteiger partial charge in [-0.15, -0.1) is 0 Å². The number of fused-ring (bicyclic) bond motifs is 1. The van der Waals surface area contributed by atoms with Crippen LogP contribution in [0.4, 0.5) is 0 Å². The van der Waals surface area contributed by atoms with E-state index in [0.717, 1.165) is 49.4 Å². The van der Waals surface area contributed by atoms with Crippen molar-refractivity contribution in [3.8, 4) is 0 Å². The lowest BCUT2D eigenvalue weighted by Gasteiger charge is -2.24. The van der Waals surface area contributed by atoms with Gasteiger partial charge in [-0.2, -0.15) is 0 Å². The highest BCUT2D eigenvalue weighted by Crippen LogP contribution is 2.18. The van der Waals surface area contributed by atoms with Crippen LogP contribution in [0.25, 0.3) is 0 Å². The molecule has 3 rings (SSSR count). The molecule has 2 N–H and O–H groups in total. The molecule has 2 aromatic rings. The zero-order valence-electron chi connectivity index (χ0n) is 11.7. The van der Waals surface area contributed by atoms with E-state index in [-0.39, 0.29) is 5.56 Å². The van der Waals surface area contributed by atoms with Crippen LogP contribution in [0.3, 0.4) is 0 Å². The summed E-state index contributed by atoms with van der Waals surface area (Å²) in [4.78, 5) is 14.2. The molecule has 2 aromatic heterocycles. The molecular formula is C16H20N2O2. The smallest absolute Gasteiger partial charge is 0.248 e. The number of rotatable bonds is 4. The van der Waals surface area contributed by atoms with E-state index in [1.54, 1.807) is 6.07 Å².